The Balaban J connectivity index is 1.85. The van der Waals surface area contributed by atoms with E-state index in [-0.39, 0.29) is 22.6 Å². The van der Waals surface area contributed by atoms with Crippen molar-refractivity contribution in [3.05, 3.63) is 45.8 Å². The number of hydrogen-bond acceptors (Lipinski definition) is 8. The third-order valence-corrected chi connectivity index (χ3v) is 8.94. The van der Waals surface area contributed by atoms with Gasteiger partial charge in [-0.05, 0) is 63.1 Å². The fraction of sp³-hybridized carbons (Fsp3) is 0.480. The molecule has 2 aromatic rings. The van der Waals surface area contributed by atoms with E-state index in [4.69, 9.17) is 4.74 Å². The minimum Gasteiger partial charge on any atom is -0.450 e. The van der Waals surface area contributed by atoms with Crippen molar-refractivity contribution in [2.45, 2.75) is 51.5 Å². The Hall–Kier alpha value is -2.80. The topological polar surface area (TPSA) is 125 Å². The van der Waals surface area contributed by atoms with E-state index in [0.717, 1.165) is 17.0 Å². The van der Waals surface area contributed by atoms with E-state index in [1.54, 1.807) is 6.92 Å². The van der Waals surface area contributed by atoms with Crippen LogP contribution in [0.3, 0.4) is 0 Å². The molecule has 1 aromatic heterocycles. The van der Waals surface area contributed by atoms with Gasteiger partial charge in [0.1, 0.15) is 5.00 Å². The Kier molecular flexibility index (Phi) is 9.82. The number of sulfonamides is 1. The lowest BCUT2D eigenvalue weighted by Gasteiger charge is -2.22. The molecule has 0 unspecified atom stereocenters. The van der Waals surface area contributed by atoms with Crippen molar-refractivity contribution < 1.29 is 27.5 Å². The van der Waals surface area contributed by atoms with Gasteiger partial charge < -0.3 is 15.0 Å². The van der Waals surface area contributed by atoms with Crippen LogP contribution in [0.25, 0.3) is 0 Å². The third-order valence-electron chi connectivity index (χ3n) is 5.89. The Bertz CT molecular complexity index is 1230. The fourth-order valence-corrected chi connectivity index (χ4v) is 7.08. The number of fused-ring (bicyclic) bond motifs is 1. The van der Waals surface area contributed by atoms with Gasteiger partial charge in [-0.15, -0.1) is 11.3 Å². The summed E-state index contributed by atoms with van der Waals surface area (Å²) in [5.41, 5.74) is 1.30. The zero-order valence-electron chi connectivity index (χ0n) is 21.6. The summed E-state index contributed by atoms with van der Waals surface area (Å²) < 4.78 is 32.3. The predicted molar refractivity (Wildman–Crippen MR) is 143 cm³/mol. The van der Waals surface area contributed by atoms with Gasteiger partial charge in [-0.1, -0.05) is 13.8 Å². The van der Waals surface area contributed by atoms with Crippen molar-refractivity contribution in [3.8, 4) is 0 Å². The summed E-state index contributed by atoms with van der Waals surface area (Å²) in [4.78, 5) is 41.1. The highest BCUT2D eigenvalue weighted by atomic mass is 32.2. The van der Waals surface area contributed by atoms with Crippen molar-refractivity contribution in [1.29, 1.82) is 0 Å². The number of anilines is 1. The Morgan fingerprint density at radius 3 is 2.30 bits per heavy atom. The number of amides is 3. The Morgan fingerprint density at radius 1 is 1.05 bits per heavy atom. The van der Waals surface area contributed by atoms with E-state index in [1.165, 1.54) is 39.9 Å². The molecule has 3 rings (SSSR count). The zero-order chi connectivity index (χ0) is 27.2. The van der Waals surface area contributed by atoms with Crippen LogP contribution in [0.1, 0.15) is 64.8 Å². The summed E-state index contributed by atoms with van der Waals surface area (Å²) in [6, 6.07) is 5.76. The molecular formula is C25H34N4O6S2. The zero-order valence-corrected chi connectivity index (χ0v) is 23.3. The van der Waals surface area contributed by atoms with E-state index in [9.17, 15) is 22.8 Å². The lowest BCUT2D eigenvalue weighted by Crippen LogP contribution is -2.33. The summed E-state index contributed by atoms with van der Waals surface area (Å²) in [7, 11) is -1.70. The molecule has 0 radical (unpaired) electrons. The monoisotopic (exact) mass is 550 g/mol. The van der Waals surface area contributed by atoms with Crippen molar-refractivity contribution in [3.63, 3.8) is 0 Å². The first-order valence-electron chi connectivity index (χ1n) is 12.3. The second-order valence-electron chi connectivity index (χ2n) is 8.75. The number of thiophene rings is 1. The van der Waals surface area contributed by atoms with Gasteiger partial charge in [-0.25, -0.2) is 13.2 Å². The van der Waals surface area contributed by atoms with E-state index in [0.29, 0.717) is 43.9 Å². The average molecular weight is 551 g/mol. The number of imide groups is 1. The number of nitrogens with one attached hydrogen (secondary N) is 2. The fourth-order valence-electron chi connectivity index (χ4n) is 4.14. The lowest BCUT2D eigenvalue weighted by atomic mass is 10.0. The molecule has 0 aliphatic carbocycles. The van der Waals surface area contributed by atoms with E-state index < -0.39 is 27.9 Å². The molecule has 12 heteroatoms. The largest absolute Gasteiger partial charge is 0.450 e. The highest BCUT2D eigenvalue weighted by Crippen LogP contribution is 2.37. The number of benzene rings is 1. The lowest BCUT2D eigenvalue weighted by molar-refractivity contribution is 0.0924. The van der Waals surface area contributed by atoms with Crippen molar-refractivity contribution in [2.75, 3.05) is 38.6 Å². The average Bonchev–Trinajstić information content (AvgIpc) is 3.20. The van der Waals surface area contributed by atoms with Gasteiger partial charge in [-0.3, -0.25) is 14.9 Å². The highest BCUT2D eigenvalue weighted by molar-refractivity contribution is 7.89. The van der Waals surface area contributed by atoms with Crippen LogP contribution >= 0.6 is 11.3 Å². The molecule has 2 heterocycles. The Labute approximate surface area is 222 Å². The quantitative estimate of drug-likeness (QED) is 0.462. The number of carbonyl (C=O) groups excluding carboxylic acids is 3. The predicted octanol–water partition coefficient (Wildman–Crippen LogP) is 3.69. The molecule has 0 atom stereocenters. The van der Waals surface area contributed by atoms with E-state index in [2.05, 4.69) is 15.5 Å². The molecule has 37 heavy (non-hydrogen) atoms. The standard InChI is InChI=1S/C25H34N4O6S2/c1-5-13-29(14-6-2)37(33,34)18-10-8-17(9-11-18)22(30)26-24-21(23(31)27-25(32)35-7-3)19-12-15-28(4)16-20(19)36-24/h8-11H,5-7,12-16H2,1-4H3,(H,26,30)(H,27,31,32). The first-order valence-corrected chi connectivity index (χ1v) is 14.6. The molecule has 202 valence electrons. The number of nitrogens with zero attached hydrogens (tertiary/aromatic N) is 2. The SMILES string of the molecule is CCCN(CCC)S(=O)(=O)c1ccc(C(=O)Nc2sc3c(c2C(=O)NC(=O)OCC)CCN(C)C3)cc1. The number of rotatable bonds is 10. The molecule has 0 saturated carbocycles. The van der Waals surface area contributed by atoms with Crippen LogP contribution in [0.2, 0.25) is 0 Å². The van der Waals surface area contributed by atoms with E-state index in [1.807, 2.05) is 20.9 Å². The van der Waals surface area contributed by atoms with Gasteiger partial charge in [-0.2, -0.15) is 4.31 Å². The second-order valence-corrected chi connectivity index (χ2v) is 11.8. The summed E-state index contributed by atoms with van der Waals surface area (Å²) in [5.74, 6) is -1.12. The van der Waals surface area contributed by atoms with Crippen LogP contribution < -0.4 is 10.6 Å². The van der Waals surface area contributed by atoms with Crippen molar-refractivity contribution in [2.24, 2.45) is 0 Å². The van der Waals surface area contributed by atoms with Crippen molar-refractivity contribution >= 4 is 44.3 Å². The van der Waals surface area contributed by atoms with Gasteiger partial charge in [0.2, 0.25) is 10.0 Å². The van der Waals surface area contributed by atoms with Crippen molar-refractivity contribution in [1.82, 2.24) is 14.5 Å². The Morgan fingerprint density at radius 2 is 1.70 bits per heavy atom. The molecule has 1 aliphatic rings. The molecule has 0 fully saturated rings. The molecule has 2 N–H and O–H groups in total. The molecule has 0 bridgehead atoms. The third kappa shape index (κ3) is 6.75. The van der Waals surface area contributed by atoms with Gasteiger partial charge in [0, 0.05) is 36.6 Å². The first kappa shape index (κ1) is 28.8. The summed E-state index contributed by atoms with van der Waals surface area (Å²) >= 11 is 1.29. The summed E-state index contributed by atoms with van der Waals surface area (Å²) in [6.07, 6.45) is 1.15. The maximum atomic E-state index is 13.1. The smallest absolute Gasteiger partial charge is 0.414 e. The molecule has 0 saturated heterocycles. The van der Waals surface area contributed by atoms with Crippen LogP contribution in [-0.4, -0.2) is 68.8 Å². The first-order chi connectivity index (χ1) is 17.6. The van der Waals surface area contributed by atoms with Gasteiger partial charge in [0.15, 0.2) is 0 Å². The normalized spacial score (nSPS) is 13.8. The minimum atomic E-state index is -3.67. The maximum absolute atomic E-state index is 13.1. The van der Waals surface area contributed by atoms with Gasteiger partial charge in [0.05, 0.1) is 17.1 Å². The van der Waals surface area contributed by atoms with Crippen LogP contribution in [0.5, 0.6) is 0 Å². The molecule has 1 aliphatic heterocycles. The minimum absolute atomic E-state index is 0.120. The summed E-state index contributed by atoms with van der Waals surface area (Å²) in [6.45, 7) is 7.81. The molecule has 3 amide bonds. The van der Waals surface area contributed by atoms with Gasteiger partial charge >= 0.3 is 6.09 Å². The number of ether oxygens (including phenoxy) is 1. The second kappa shape index (κ2) is 12.6. The van der Waals surface area contributed by atoms with Crippen LogP contribution in [0, 0.1) is 0 Å². The highest BCUT2D eigenvalue weighted by Gasteiger charge is 2.29. The number of likely N-dealkylation sites (N-methyl/N-ethyl adjacent to an activating group) is 1. The molecule has 0 spiro atoms. The maximum Gasteiger partial charge on any atom is 0.414 e. The number of carbonyl (C=O) groups is 3. The number of hydrogen-bond donors (Lipinski definition) is 2. The van der Waals surface area contributed by atoms with Crippen LogP contribution in [0.15, 0.2) is 29.2 Å². The van der Waals surface area contributed by atoms with Crippen LogP contribution in [0.4, 0.5) is 9.80 Å². The van der Waals surface area contributed by atoms with Gasteiger partial charge in [0.25, 0.3) is 11.8 Å². The van der Waals surface area contributed by atoms with Crippen LogP contribution in [-0.2, 0) is 27.7 Å². The number of alkyl carbamates (subject to hydrolysis) is 1. The molecular weight excluding hydrogens is 516 g/mol. The molecule has 1 aromatic carbocycles. The molecule has 10 nitrogen and oxygen atoms in total. The van der Waals surface area contributed by atoms with E-state index >= 15 is 0 Å². The summed E-state index contributed by atoms with van der Waals surface area (Å²) in [5, 5.41) is 5.35.